The number of alkyl halides is 1. The van der Waals surface area contributed by atoms with Gasteiger partial charge in [0.05, 0.1) is 23.1 Å². The Morgan fingerprint density at radius 1 is 1.40 bits per heavy atom. The van der Waals surface area contributed by atoms with Crippen LogP contribution < -0.4 is 16.2 Å². The Balaban J connectivity index is 1.94. The number of allylic oxidation sites excluding steroid dienone is 1. The number of carbonyl (C=O) groups is 1. The van der Waals surface area contributed by atoms with E-state index in [1.165, 1.54) is 10.8 Å². The van der Waals surface area contributed by atoms with E-state index in [1.807, 2.05) is 0 Å². The van der Waals surface area contributed by atoms with Crippen molar-refractivity contribution in [3.8, 4) is 0 Å². The van der Waals surface area contributed by atoms with Crippen molar-refractivity contribution in [1.82, 2.24) is 20.1 Å². The zero-order valence-corrected chi connectivity index (χ0v) is 18.3. The summed E-state index contributed by atoms with van der Waals surface area (Å²) in [5.41, 5.74) is 3.62. The summed E-state index contributed by atoms with van der Waals surface area (Å²) in [7, 11) is -1.69. The minimum atomic E-state index is -3.35. The fourth-order valence-electron chi connectivity index (χ4n) is 4.25. The maximum absolute atomic E-state index is 13.1. The van der Waals surface area contributed by atoms with Gasteiger partial charge in [0.2, 0.25) is 0 Å². The van der Waals surface area contributed by atoms with Crippen LogP contribution in [0.2, 0.25) is 0 Å². The van der Waals surface area contributed by atoms with E-state index in [9.17, 15) is 18.0 Å². The van der Waals surface area contributed by atoms with Crippen molar-refractivity contribution in [2.24, 2.45) is 7.05 Å². The molecule has 30 heavy (non-hydrogen) atoms. The van der Waals surface area contributed by atoms with Crippen LogP contribution in [0, 0.1) is 0 Å². The van der Waals surface area contributed by atoms with Crippen LogP contribution in [-0.2, 0) is 16.9 Å². The number of hydrogen-bond acceptors (Lipinski definition) is 5. The van der Waals surface area contributed by atoms with E-state index in [-0.39, 0.29) is 23.4 Å². The molecule has 4 rings (SSSR count). The van der Waals surface area contributed by atoms with Gasteiger partial charge in [-0.3, -0.25) is 9.69 Å². The first-order valence-corrected chi connectivity index (χ1v) is 12.2. The summed E-state index contributed by atoms with van der Waals surface area (Å²) in [4.78, 5) is 27.4. The Kier molecular flexibility index (Phi) is 5.27. The minimum absolute atomic E-state index is 0.200. The second-order valence-corrected chi connectivity index (χ2v) is 10.2. The summed E-state index contributed by atoms with van der Waals surface area (Å²) in [5, 5.41) is 6.11. The third-order valence-electron chi connectivity index (χ3n) is 5.46. The van der Waals surface area contributed by atoms with Gasteiger partial charge in [0, 0.05) is 50.2 Å². The van der Waals surface area contributed by atoms with Crippen molar-refractivity contribution in [3.05, 3.63) is 57.2 Å². The third kappa shape index (κ3) is 3.56. The number of fused-ring (bicyclic) bond motifs is 2. The quantitative estimate of drug-likeness (QED) is 0.668. The van der Waals surface area contributed by atoms with E-state index in [1.54, 1.807) is 36.5 Å². The number of nitrogens with one attached hydrogen (secondary N) is 2. The van der Waals surface area contributed by atoms with Gasteiger partial charge < -0.3 is 15.2 Å². The monoisotopic (exact) mass is 450 g/mol. The predicted octanol–water partition coefficient (Wildman–Crippen LogP) is 1.05. The lowest BCUT2D eigenvalue weighted by atomic mass is 9.92. The summed E-state index contributed by atoms with van der Waals surface area (Å²) in [6.45, 7) is 0.929. The Labute approximate surface area is 179 Å². The number of pyridine rings is 1. The summed E-state index contributed by atoms with van der Waals surface area (Å²) < 4.78 is 25.7. The molecule has 0 saturated heterocycles. The molecule has 0 saturated carbocycles. The molecule has 1 aromatic rings. The smallest absolute Gasteiger partial charge is 0.322 e. The molecule has 0 spiro atoms. The zero-order valence-electron chi connectivity index (χ0n) is 16.7. The highest BCUT2D eigenvalue weighted by Gasteiger charge is 2.40. The molecule has 0 bridgehead atoms. The first kappa shape index (κ1) is 20.7. The molecule has 10 heteroatoms. The van der Waals surface area contributed by atoms with Crippen LogP contribution in [0.3, 0.4) is 0 Å². The molecule has 0 fully saturated rings. The maximum atomic E-state index is 13.1. The number of aromatic nitrogens is 1. The van der Waals surface area contributed by atoms with Gasteiger partial charge in [-0.2, -0.15) is 0 Å². The molecule has 1 atom stereocenters. The number of hydrogen-bond donors (Lipinski definition) is 2. The average molecular weight is 451 g/mol. The van der Waals surface area contributed by atoms with Crippen LogP contribution in [0.25, 0.3) is 11.3 Å². The Morgan fingerprint density at radius 2 is 2.17 bits per heavy atom. The summed E-state index contributed by atoms with van der Waals surface area (Å²) in [5.74, 6) is 0.103. The SMILES string of the molecule is Cn1ccc2c(c1=O)C1=C3C(=CN(C(=O)NCCCl)C3CCN1)C=C2CS(C)(=O)=O. The lowest BCUT2D eigenvalue weighted by Crippen LogP contribution is -2.45. The Hall–Kier alpha value is -2.52. The zero-order chi connectivity index (χ0) is 21.6. The molecule has 0 aromatic carbocycles. The second-order valence-electron chi connectivity index (χ2n) is 7.69. The van der Waals surface area contributed by atoms with Gasteiger partial charge in [-0.05, 0) is 35.3 Å². The number of sulfone groups is 1. The first-order chi connectivity index (χ1) is 14.2. The lowest BCUT2D eigenvalue weighted by Gasteiger charge is -2.31. The number of amides is 2. The van der Waals surface area contributed by atoms with Crippen molar-refractivity contribution >= 4 is 38.7 Å². The van der Waals surface area contributed by atoms with Gasteiger partial charge in [0.1, 0.15) is 0 Å². The fourth-order valence-corrected chi connectivity index (χ4v) is 5.15. The van der Waals surface area contributed by atoms with Crippen LogP contribution in [0.15, 0.2) is 40.5 Å². The largest absolute Gasteiger partial charge is 0.384 e. The summed E-state index contributed by atoms with van der Waals surface area (Å²) in [6, 6.07) is 1.27. The first-order valence-electron chi connectivity index (χ1n) is 9.62. The number of urea groups is 1. The van der Waals surface area contributed by atoms with Crippen LogP contribution >= 0.6 is 11.6 Å². The molecule has 3 heterocycles. The van der Waals surface area contributed by atoms with E-state index < -0.39 is 9.84 Å². The van der Waals surface area contributed by atoms with Crippen molar-refractivity contribution in [3.63, 3.8) is 0 Å². The lowest BCUT2D eigenvalue weighted by molar-refractivity contribution is 0.207. The van der Waals surface area contributed by atoms with Gasteiger partial charge in [-0.15, -0.1) is 11.6 Å². The molecule has 2 aliphatic heterocycles. The molecule has 1 unspecified atom stereocenters. The number of carbonyl (C=O) groups excluding carboxylic acids is 1. The molecular formula is C20H23ClN4O4S. The van der Waals surface area contributed by atoms with Crippen molar-refractivity contribution in [2.75, 3.05) is 31.0 Å². The van der Waals surface area contributed by atoms with Crippen molar-refractivity contribution < 1.29 is 13.2 Å². The van der Waals surface area contributed by atoms with E-state index >= 15 is 0 Å². The average Bonchev–Trinajstić information content (AvgIpc) is 2.99. The molecule has 1 aromatic heterocycles. The number of nitrogens with zero attached hydrogens (tertiary/aromatic N) is 2. The van der Waals surface area contributed by atoms with Crippen molar-refractivity contribution in [1.29, 1.82) is 0 Å². The number of aryl methyl sites for hydroxylation is 1. The van der Waals surface area contributed by atoms with Crippen LogP contribution in [0.1, 0.15) is 17.5 Å². The highest BCUT2D eigenvalue weighted by Crippen LogP contribution is 2.42. The summed E-state index contributed by atoms with van der Waals surface area (Å²) >= 11 is 5.70. The minimum Gasteiger partial charge on any atom is -0.384 e. The summed E-state index contributed by atoms with van der Waals surface area (Å²) in [6.07, 6.45) is 7.00. The standard InChI is InChI=1S/C20H23ClN4O4S/c1-24-8-4-14-13(11-30(2,28)29)9-12-10-25(20(27)23-7-5-21)15-3-6-22-18(16(12)15)17(14)19(24)26/h4,8-10,15,22H,3,5-7,11H2,1-2H3,(H,23,27). The highest BCUT2D eigenvalue weighted by molar-refractivity contribution is 7.91. The molecule has 3 aliphatic rings. The Bertz CT molecular complexity index is 1180. The second kappa shape index (κ2) is 7.63. The topological polar surface area (TPSA) is 101 Å². The fraction of sp³-hybridized carbons (Fsp3) is 0.400. The number of halogens is 1. The van der Waals surface area contributed by atoms with E-state index in [0.29, 0.717) is 47.8 Å². The van der Waals surface area contributed by atoms with Gasteiger partial charge in [0.15, 0.2) is 9.84 Å². The van der Waals surface area contributed by atoms with Crippen LogP contribution in [-0.4, -0.2) is 60.9 Å². The Morgan fingerprint density at radius 3 is 2.87 bits per heavy atom. The molecule has 8 nitrogen and oxygen atoms in total. The normalized spacial score (nSPS) is 20.0. The third-order valence-corrected chi connectivity index (χ3v) is 6.49. The number of rotatable bonds is 4. The van der Waals surface area contributed by atoms with Crippen LogP contribution in [0.4, 0.5) is 4.79 Å². The predicted molar refractivity (Wildman–Crippen MR) is 117 cm³/mol. The highest BCUT2D eigenvalue weighted by atomic mass is 35.5. The molecule has 1 aliphatic carbocycles. The molecule has 0 radical (unpaired) electrons. The molecule has 2 N–H and O–H groups in total. The van der Waals surface area contributed by atoms with Gasteiger partial charge >= 0.3 is 6.03 Å². The van der Waals surface area contributed by atoms with Crippen molar-refractivity contribution in [2.45, 2.75) is 12.5 Å². The molecule has 2 amide bonds. The van der Waals surface area contributed by atoms with Gasteiger partial charge in [0.25, 0.3) is 5.56 Å². The van der Waals surface area contributed by atoms with E-state index in [0.717, 1.165) is 11.1 Å². The molecular weight excluding hydrogens is 428 g/mol. The molecule has 160 valence electrons. The van der Waals surface area contributed by atoms with Gasteiger partial charge in [-0.25, -0.2) is 13.2 Å². The van der Waals surface area contributed by atoms with Gasteiger partial charge in [-0.1, -0.05) is 0 Å². The van der Waals surface area contributed by atoms with Crippen LogP contribution in [0.5, 0.6) is 0 Å². The van der Waals surface area contributed by atoms with E-state index in [2.05, 4.69) is 10.6 Å². The maximum Gasteiger partial charge on any atom is 0.322 e. The van der Waals surface area contributed by atoms with E-state index in [4.69, 9.17) is 11.6 Å².